The first-order valence-corrected chi connectivity index (χ1v) is 4.37. The molecule has 0 amide bonds. The fraction of sp³-hybridized carbons (Fsp3) is 0.286. The molecule has 1 aliphatic heterocycles. The van der Waals surface area contributed by atoms with Crippen LogP contribution in [0.25, 0.3) is 0 Å². The van der Waals surface area contributed by atoms with E-state index in [0.29, 0.717) is 10.7 Å². The Bertz CT molecular complexity index is 272. The maximum Gasteiger partial charge on any atom is 0.251 e. The molecule has 0 bridgehead atoms. The molecular formula is C7H6Cl3NO. The summed E-state index contributed by atoms with van der Waals surface area (Å²) in [4.78, 5) is 12.3. The van der Waals surface area contributed by atoms with Crippen LogP contribution < -0.4 is 0 Å². The average molecular weight is 226 g/mol. The summed E-state index contributed by atoms with van der Waals surface area (Å²) in [5.41, 5.74) is -0.238. The number of halogens is 3. The van der Waals surface area contributed by atoms with E-state index in [1.807, 2.05) is 0 Å². The normalized spacial score (nSPS) is 23.3. The lowest BCUT2D eigenvalue weighted by atomic mass is 10.2. The summed E-state index contributed by atoms with van der Waals surface area (Å²) in [6.07, 6.45) is 3.10. The van der Waals surface area contributed by atoms with Crippen molar-refractivity contribution >= 4 is 40.0 Å². The van der Waals surface area contributed by atoms with Crippen molar-refractivity contribution in [2.24, 2.45) is 0 Å². The highest BCUT2D eigenvalue weighted by Crippen LogP contribution is 2.26. The van der Waals surface area contributed by atoms with Gasteiger partial charge in [-0.2, -0.15) is 0 Å². The van der Waals surface area contributed by atoms with Gasteiger partial charge in [0.1, 0.15) is 10.7 Å². The van der Waals surface area contributed by atoms with Crippen LogP contribution in [0.15, 0.2) is 22.9 Å². The zero-order valence-electron chi connectivity index (χ0n) is 6.22. The van der Waals surface area contributed by atoms with Crippen molar-refractivity contribution in [2.75, 3.05) is 7.05 Å². The molecule has 1 rings (SSSR count). The number of hydrogen-bond donors (Lipinski definition) is 0. The van der Waals surface area contributed by atoms with E-state index < -0.39 is 10.7 Å². The summed E-state index contributed by atoms with van der Waals surface area (Å²) < 4.78 is 0. The van der Waals surface area contributed by atoms with E-state index >= 15 is 0 Å². The van der Waals surface area contributed by atoms with Gasteiger partial charge in [-0.1, -0.05) is 23.2 Å². The van der Waals surface area contributed by atoms with Crippen LogP contribution in [0.1, 0.15) is 0 Å². The molecular weight excluding hydrogens is 220 g/mol. The molecule has 1 heterocycles. The van der Waals surface area contributed by atoms with Gasteiger partial charge in [-0.3, -0.25) is 4.79 Å². The second-order valence-electron chi connectivity index (χ2n) is 2.33. The van der Waals surface area contributed by atoms with Gasteiger partial charge in [0.15, 0.2) is 0 Å². The van der Waals surface area contributed by atoms with Crippen molar-refractivity contribution in [3.63, 3.8) is 0 Å². The standard InChI is InChI=1S/C7H6Cl3NO/c1-11-5(8)3-2-4(6(11)9)7(10)12/h2-3,6H,1H3. The molecule has 0 aromatic heterocycles. The maximum absolute atomic E-state index is 10.8. The summed E-state index contributed by atoms with van der Waals surface area (Å²) in [5.74, 6) is 0. The number of hydrogen-bond acceptors (Lipinski definition) is 2. The Hall–Kier alpha value is -0.180. The predicted octanol–water partition coefficient (Wildman–Crippen LogP) is 2.27. The van der Waals surface area contributed by atoms with E-state index in [4.69, 9.17) is 34.8 Å². The van der Waals surface area contributed by atoms with Crippen molar-refractivity contribution in [1.29, 1.82) is 0 Å². The fourth-order valence-electron chi connectivity index (χ4n) is 0.832. The lowest BCUT2D eigenvalue weighted by Gasteiger charge is -2.27. The highest BCUT2D eigenvalue weighted by molar-refractivity contribution is 6.68. The Balaban J connectivity index is 2.97. The molecule has 2 nitrogen and oxygen atoms in total. The van der Waals surface area contributed by atoms with Crippen LogP contribution in [0, 0.1) is 0 Å². The van der Waals surface area contributed by atoms with Gasteiger partial charge >= 0.3 is 0 Å². The summed E-state index contributed by atoms with van der Waals surface area (Å²) in [6.45, 7) is 0. The lowest BCUT2D eigenvalue weighted by molar-refractivity contribution is -0.108. The quantitative estimate of drug-likeness (QED) is 0.388. The van der Waals surface area contributed by atoms with Crippen LogP contribution in [0.2, 0.25) is 0 Å². The van der Waals surface area contributed by atoms with E-state index in [9.17, 15) is 4.79 Å². The second-order valence-corrected chi connectivity index (χ2v) is 3.48. The minimum absolute atomic E-state index is 0.338. The summed E-state index contributed by atoms with van der Waals surface area (Å²) >= 11 is 16.9. The topological polar surface area (TPSA) is 20.3 Å². The van der Waals surface area contributed by atoms with Crippen molar-refractivity contribution < 1.29 is 4.79 Å². The number of alkyl halides is 1. The molecule has 1 aliphatic rings. The van der Waals surface area contributed by atoms with Crippen LogP contribution in [0.4, 0.5) is 0 Å². The number of carbonyl (C=O) groups is 1. The lowest BCUT2D eigenvalue weighted by Crippen LogP contribution is -2.30. The maximum atomic E-state index is 10.8. The zero-order chi connectivity index (χ0) is 9.30. The molecule has 0 N–H and O–H groups in total. The number of rotatable bonds is 1. The summed E-state index contributed by atoms with van der Waals surface area (Å²) in [6, 6.07) is 0. The van der Waals surface area contributed by atoms with E-state index in [0.717, 1.165) is 0 Å². The van der Waals surface area contributed by atoms with Crippen molar-refractivity contribution in [1.82, 2.24) is 4.90 Å². The van der Waals surface area contributed by atoms with Crippen molar-refractivity contribution in [3.05, 3.63) is 22.9 Å². The number of allylic oxidation sites excluding steroid dienone is 2. The molecule has 0 saturated heterocycles. The third kappa shape index (κ3) is 1.76. The number of likely N-dealkylation sites (N-methyl/N-ethyl adjacent to an activating group) is 1. The minimum Gasteiger partial charge on any atom is -0.345 e. The van der Waals surface area contributed by atoms with E-state index in [1.165, 1.54) is 6.08 Å². The van der Waals surface area contributed by atoms with Gasteiger partial charge < -0.3 is 4.90 Å². The van der Waals surface area contributed by atoms with Gasteiger partial charge in [-0.15, -0.1) is 0 Å². The van der Waals surface area contributed by atoms with Crippen LogP contribution in [-0.4, -0.2) is 22.7 Å². The van der Waals surface area contributed by atoms with Gasteiger partial charge in [0.05, 0.1) is 0 Å². The molecule has 0 aliphatic carbocycles. The smallest absolute Gasteiger partial charge is 0.251 e. The molecule has 5 heteroatoms. The first kappa shape index (κ1) is 9.90. The van der Waals surface area contributed by atoms with Gasteiger partial charge in [0.2, 0.25) is 0 Å². The van der Waals surface area contributed by atoms with Gasteiger partial charge in [0.25, 0.3) is 5.24 Å². The molecule has 0 saturated carbocycles. The summed E-state index contributed by atoms with van der Waals surface area (Å²) in [7, 11) is 1.68. The Kier molecular flexibility index (Phi) is 3.04. The third-order valence-corrected chi connectivity index (χ3v) is 2.70. The third-order valence-electron chi connectivity index (χ3n) is 1.56. The SMILES string of the molecule is CN1C(Cl)=CC=C(C(=O)Cl)C1Cl. The largest absolute Gasteiger partial charge is 0.345 e. The van der Waals surface area contributed by atoms with Crippen LogP contribution >= 0.6 is 34.8 Å². The Labute approximate surface area is 85.4 Å². The molecule has 66 valence electrons. The van der Waals surface area contributed by atoms with Crippen molar-refractivity contribution in [3.8, 4) is 0 Å². The Morgan fingerprint density at radius 1 is 1.58 bits per heavy atom. The van der Waals surface area contributed by atoms with Crippen LogP contribution in [-0.2, 0) is 4.79 Å². The summed E-state index contributed by atoms with van der Waals surface area (Å²) in [5, 5.41) is -0.0704. The van der Waals surface area contributed by atoms with E-state index in [-0.39, 0.29) is 0 Å². The second kappa shape index (κ2) is 3.69. The molecule has 1 atom stereocenters. The highest BCUT2D eigenvalue weighted by Gasteiger charge is 2.24. The van der Waals surface area contributed by atoms with Crippen molar-refractivity contribution in [2.45, 2.75) is 5.50 Å². The number of nitrogens with zero attached hydrogens (tertiary/aromatic N) is 1. The fourth-order valence-corrected chi connectivity index (χ4v) is 1.54. The average Bonchev–Trinajstić information content (AvgIpc) is 2.00. The predicted molar refractivity (Wildman–Crippen MR) is 50.3 cm³/mol. The molecule has 0 fully saturated rings. The first-order chi connectivity index (χ1) is 5.54. The first-order valence-electron chi connectivity index (χ1n) is 3.18. The Morgan fingerprint density at radius 2 is 2.17 bits per heavy atom. The zero-order valence-corrected chi connectivity index (χ0v) is 8.49. The molecule has 0 aromatic rings. The molecule has 0 spiro atoms. The van der Waals surface area contributed by atoms with E-state index in [1.54, 1.807) is 18.0 Å². The van der Waals surface area contributed by atoms with Crippen LogP contribution in [0.5, 0.6) is 0 Å². The minimum atomic E-state index is -0.576. The van der Waals surface area contributed by atoms with Gasteiger partial charge in [-0.25, -0.2) is 0 Å². The monoisotopic (exact) mass is 225 g/mol. The van der Waals surface area contributed by atoms with Crippen LogP contribution in [0.3, 0.4) is 0 Å². The van der Waals surface area contributed by atoms with Gasteiger partial charge in [-0.05, 0) is 23.8 Å². The Morgan fingerprint density at radius 3 is 2.67 bits per heavy atom. The molecule has 12 heavy (non-hydrogen) atoms. The molecule has 0 radical (unpaired) electrons. The molecule has 0 aromatic carbocycles. The van der Waals surface area contributed by atoms with E-state index in [2.05, 4.69) is 0 Å². The number of carbonyl (C=O) groups excluding carboxylic acids is 1. The molecule has 1 unspecified atom stereocenters. The van der Waals surface area contributed by atoms with Gasteiger partial charge in [0, 0.05) is 12.6 Å². The highest BCUT2D eigenvalue weighted by atomic mass is 35.5.